The lowest BCUT2D eigenvalue weighted by atomic mass is 10.1. The Morgan fingerprint density at radius 3 is 2.67 bits per heavy atom. The first-order valence-electron chi connectivity index (χ1n) is 5.15. The number of nitrogens with zero attached hydrogens (tertiary/aromatic N) is 1. The first kappa shape index (κ1) is 12.6. The van der Waals surface area contributed by atoms with Crippen molar-refractivity contribution >= 4 is 17.4 Å². The Hall–Kier alpha value is -1.81. The smallest absolute Gasteiger partial charge is 0.188 e. The number of carbonyl (C=O) groups excluding carboxylic acids is 1. The molecule has 0 spiro atoms. The molecule has 0 fully saturated rings. The van der Waals surface area contributed by atoms with Crippen LogP contribution in [0.4, 0.5) is 8.78 Å². The third kappa shape index (κ3) is 2.71. The predicted octanol–water partition coefficient (Wildman–Crippen LogP) is 3.44. The van der Waals surface area contributed by atoms with E-state index in [1.165, 1.54) is 24.4 Å². The number of hydrogen-bond donors (Lipinski definition) is 0. The van der Waals surface area contributed by atoms with Gasteiger partial charge in [0.2, 0.25) is 0 Å². The first-order chi connectivity index (χ1) is 8.58. The molecule has 0 radical (unpaired) electrons. The number of pyridine rings is 1. The van der Waals surface area contributed by atoms with Crippen molar-refractivity contribution in [2.75, 3.05) is 0 Å². The van der Waals surface area contributed by atoms with Crippen molar-refractivity contribution in [1.29, 1.82) is 0 Å². The van der Waals surface area contributed by atoms with Crippen molar-refractivity contribution in [1.82, 2.24) is 4.98 Å². The zero-order valence-corrected chi connectivity index (χ0v) is 9.92. The van der Waals surface area contributed by atoms with E-state index in [2.05, 4.69) is 4.98 Å². The van der Waals surface area contributed by atoms with E-state index in [0.717, 1.165) is 12.1 Å². The number of aromatic nitrogens is 1. The fraction of sp³-hybridized carbons (Fsp3) is 0.0769. The maximum absolute atomic E-state index is 13.5. The molecule has 0 atom stereocenters. The molecule has 2 aromatic rings. The molecular weight excluding hydrogens is 260 g/mol. The molecule has 18 heavy (non-hydrogen) atoms. The van der Waals surface area contributed by atoms with E-state index in [4.69, 9.17) is 11.6 Å². The number of carbonyl (C=O) groups is 1. The fourth-order valence-corrected chi connectivity index (χ4v) is 1.67. The van der Waals surface area contributed by atoms with Crippen molar-refractivity contribution in [2.45, 2.75) is 6.42 Å². The molecule has 0 unspecified atom stereocenters. The molecule has 0 aliphatic carbocycles. The van der Waals surface area contributed by atoms with Crippen LogP contribution in [0, 0.1) is 11.6 Å². The highest BCUT2D eigenvalue weighted by Crippen LogP contribution is 2.16. The second-order valence-corrected chi connectivity index (χ2v) is 4.11. The lowest BCUT2D eigenvalue weighted by Gasteiger charge is -2.03. The quantitative estimate of drug-likeness (QED) is 0.798. The summed E-state index contributed by atoms with van der Waals surface area (Å²) >= 11 is 5.60. The second-order valence-electron chi connectivity index (χ2n) is 3.67. The van der Waals surface area contributed by atoms with Crippen LogP contribution in [-0.4, -0.2) is 10.8 Å². The van der Waals surface area contributed by atoms with Crippen LogP contribution in [0.1, 0.15) is 16.1 Å². The molecule has 0 bridgehead atoms. The molecule has 0 aliphatic heterocycles. The summed E-state index contributed by atoms with van der Waals surface area (Å²) in [5, 5.41) is 0.243. The molecule has 0 saturated carbocycles. The van der Waals surface area contributed by atoms with E-state index < -0.39 is 17.4 Å². The van der Waals surface area contributed by atoms with Crippen LogP contribution in [0.5, 0.6) is 0 Å². The van der Waals surface area contributed by atoms with Gasteiger partial charge in [-0.2, -0.15) is 0 Å². The topological polar surface area (TPSA) is 30.0 Å². The highest BCUT2D eigenvalue weighted by molar-refractivity contribution is 6.30. The van der Waals surface area contributed by atoms with E-state index in [-0.39, 0.29) is 22.7 Å². The minimum atomic E-state index is -0.711. The SMILES string of the molecule is O=C(Cc1ccc(Cl)cc1F)c1ncccc1F. The number of Topliss-reactive ketones (excluding diaryl/α,β-unsaturated/α-hetero) is 1. The van der Waals surface area contributed by atoms with Crippen molar-refractivity contribution in [2.24, 2.45) is 0 Å². The molecular formula is C13H8ClF2NO. The van der Waals surface area contributed by atoms with Gasteiger partial charge in [0.25, 0.3) is 0 Å². The molecule has 92 valence electrons. The number of benzene rings is 1. The van der Waals surface area contributed by atoms with Gasteiger partial charge in [-0.05, 0) is 29.8 Å². The van der Waals surface area contributed by atoms with E-state index in [0.29, 0.717) is 0 Å². The highest BCUT2D eigenvalue weighted by atomic mass is 35.5. The predicted molar refractivity (Wildman–Crippen MR) is 63.6 cm³/mol. The second kappa shape index (κ2) is 5.23. The maximum atomic E-state index is 13.5. The maximum Gasteiger partial charge on any atom is 0.188 e. The number of hydrogen-bond acceptors (Lipinski definition) is 2. The zero-order valence-electron chi connectivity index (χ0n) is 9.16. The number of rotatable bonds is 3. The summed E-state index contributed by atoms with van der Waals surface area (Å²) in [6, 6.07) is 6.50. The summed E-state index contributed by atoms with van der Waals surface area (Å²) < 4.78 is 26.8. The number of ketones is 1. The molecule has 0 N–H and O–H groups in total. The van der Waals surface area contributed by atoms with Gasteiger partial charge >= 0.3 is 0 Å². The first-order valence-corrected chi connectivity index (χ1v) is 5.53. The average Bonchev–Trinajstić information content (AvgIpc) is 2.33. The minimum Gasteiger partial charge on any atom is -0.292 e. The van der Waals surface area contributed by atoms with Crippen molar-refractivity contribution in [3.63, 3.8) is 0 Å². The van der Waals surface area contributed by atoms with E-state index >= 15 is 0 Å². The monoisotopic (exact) mass is 267 g/mol. The third-order valence-corrected chi connectivity index (χ3v) is 2.62. The standard InChI is InChI=1S/C13H8ClF2NO/c14-9-4-3-8(11(16)7-9)6-12(18)13-10(15)2-1-5-17-13/h1-5,7H,6H2. The van der Waals surface area contributed by atoms with Crippen LogP contribution in [-0.2, 0) is 6.42 Å². The summed E-state index contributed by atoms with van der Waals surface area (Å²) in [5.74, 6) is -1.88. The van der Waals surface area contributed by atoms with E-state index in [1.54, 1.807) is 0 Å². The van der Waals surface area contributed by atoms with Gasteiger partial charge in [0, 0.05) is 17.6 Å². The Morgan fingerprint density at radius 2 is 2.00 bits per heavy atom. The van der Waals surface area contributed by atoms with Crippen molar-refractivity contribution in [3.8, 4) is 0 Å². The van der Waals surface area contributed by atoms with Gasteiger partial charge in [0.05, 0.1) is 0 Å². The molecule has 0 saturated heterocycles. The summed E-state index contributed by atoms with van der Waals surface area (Å²) in [4.78, 5) is 15.4. The Balaban J connectivity index is 2.24. The lowest BCUT2D eigenvalue weighted by Crippen LogP contribution is -2.09. The third-order valence-electron chi connectivity index (χ3n) is 2.39. The largest absolute Gasteiger partial charge is 0.292 e. The molecule has 2 nitrogen and oxygen atoms in total. The molecule has 0 amide bonds. The molecule has 1 heterocycles. The van der Waals surface area contributed by atoms with Gasteiger partial charge in [0.1, 0.15) is 11.5 Å². The Kier molecular flexibility index (Phi) is 3.67. The minimum absolute atomic E-state index is 0.162. The Labute approximate surface area is 107 Å². The molecule has 2 rings (SSSR count). The van der Waals surface area contributed by atoms with Crippen LogP contribution in [0.15, 0.2) is 36.5 Å². The van der Waals surface area contributed by atoms with Crippen LogP contribution in [0.25, 0.3) is 0 Å². The number of halogens is 3. The van der Waals surface area contributed by atoms with Gasteiger partial charge in [-0.3, -0.25) is 9.78 Å². The summed E-state index contributed by atoms with van der Waals surface area (Å²) in [5.41, 5.74) is -0.124. The van der Waals surface area contributed by atoms with E-state index in [9.17, 15) is 13.6 Å². The lowest BCUT2D eigenvalue weighted by molar-refractivity contribution is 0.0983. The Bertz CT molecular complexity index is 601. The van der Waals surface area contributed by atoms with Gasteiger partial charge in [-0.1, -0.05) is 17.7 Å². The summed E-state index contributed by atoms with van der Waals surface area (Å²) in [7, 11) is 0. The van der Waals surface area contributed by atoms with Crippen molar-refractivity contribution < 1.29 is 13.6 Å². The molecule has 0 aliphatic rings. The van der Waals surface area contributed by atoms with Crippen LogP contribution < -0.4 is 0 Å². The van der Waals surface area contributed by atoms with Gasteiger partial charge in [-0.15, -0.1) is 0 Å². The van der Waals surface area contributed by atoms with E-state index in [1.807, 2.05) is 0 Å². The molecule has 1 aromatic carbocycles. The van der Waals surface area contributed by atoms with Crippen LogP contribution in [0.2, 0.25) is 5.02 Å². The van der Waals surface area contributed by atoms with Gasteiger partial charge in [0.15, 0.2) is 11.6 Å². The van der Waals surface area contributed by atoms with Gasteiger partial charge < -0.3 is 0 Å². The average molecular weight is 268 g/mol. The van der Waals surface area contributed by atoms with Gasteiger partial charge in [-0.25, -0.2) is 8.78 Å². The Morgan fingerprint density at radius 1 is 1.22 bits per heavy atom. The fourth-order valence-electron chi connectivity index (χ4n) is 1.51. The summed E-state index contributed by atoms with van der Waals surface area (Å²) in [6.45, 7) is 0. The van der Waals surface area contributed by atoms with Crippen molar-refractivity contribution in [3.05, 3.63) is 64.4 Å². The zero-order chi connectivity index (χ0) is 13.1. The van der Waals surface area contributed by atoms with Crippen LogP contribution in [0.3, 0.4) is 0 Å². The normalized spacial score (nSPS) is 10.4. The highest BCUT2D eigenvalue weighted by Gasteiger charge is 2.15. The molecule has 5 heteroatoms. The summed E-state index contributed by atoms with van der Waals surface area (Å²) in [6.07, 6.45) is 1.06. The van der Waals surface area contributed by atoms with Crippen LogP contribution >= 0.6 is 11.6 Å². The molecule has 1 aromatic heterocycles.